The van der Waals surface area contributed by atoms with E-state index in [9.17, 15) is 0 Å². The number of aryl methyl sites for hydroxylation is 2. The summed E-state index contributed by atoms with van der Waals surface area (Å²) >= 11 is 0. The van der Waals surface area contributed by atoms with Gasteiger partial charge in [-0.2, -0.15) is 0 Å². The van der Waals surface area contributed by atoms with Crippen LogP contribution in [0.4, 0.5) is 0 Å². The summed E-state index contributed by atoms with van der Waals surface area (Å²) in [5, 5.41) is 0. The van der Waals surface area contributed by atoms with Gasteiger partial charge in [-0.15, -0.1) is 0 Å². The van der Waals surface area contributed by atoms with Crippen molar-refractivity contribution in [2.24, 2.45) is 0 Å². The van der Waals surface area contributed by atoms with E-state index in [-0.39, 0.29) is 0 Å². The number of benzene rings is 1. The molecule has 0 aromatic heterocycles. The van der Waals surface area contributed by atoms with Crippen molar-refractivity contribution in [3.63, 3.8) is 0 Å². The molecule has 1 fully saturated rings. The van der Waals surface area contributed by atoms with Gasteiger partial charge in [0.1, 0.15) is 5.75 Å². The maximum Gasteiger partial charge on any atom is 0.126 e. The average molecular weight is 320 g/mol. The average Bonchev–Trinajstić information content (AvgIpc) is 2.48. The molecule has 1 saturated heterocycles. The van der Waals surface area contributed by atoms with E-state index in [1.807, 2.05) is 0 Å². The minimum absolute atomic E-state index is 0.423. The monoisotopic (exact) mass is 320 g/mol. The molecule has 0 spiro atoms. The second-order valence-electron chi connectivity index (χ2n) is 6.92. The molecule has 0 unspecified atom stereocenters. The molecule has 1 aromatic carbocycles. The fourth-order valence-corrected chi connectivity index (χ4v) is 3.33. The number of likely N-dealkylation sites (N-methyl/N-ethyl adjacent to an activating group) is 1. The van der Waals surface area contributed by atoms with Gasteiger partial charge in [-0.05, 0) is 46.3 Å². The largest absolute Gasteiger partial charge is 0.496 e. The van der Waals surface area contributed by atoms with Gasteiger partial charge in [0, 0.05) is 31.7 Å². The highest BCUT2D eigenvalue weighted by atomic mass is 16.5. The number of hydrogen-bond acceptors (Lipinski definition) is 4. The lowest BCUT2D eigenvalue weighted by Gasteiger charge is -2.32. The first-order valence-corrected chi connectivity index (χ1v) is 8.62. The summed E-state index contributed by atoms with van der Waals surface area (Å²) in [6.45, 7) is 9.28. The fourth-order valence-electron chi connectivity index (χ4n) is 3.33. The molecule has 130 valence electrons. The SMILES string of the molecule is COc1c(C)cc(C)cc1CN1CCC(OCCN(C)C)CC1. The van der Waals surface area contributed by atoms with Crippen LogP contribution in [0, 0.1) is 13.8 Å². The molecule has 4 nitrogen and oxygen atoms in total. The van der Waals surface area contributed by atoms with Crippen molar-refractivity contribution in [2.75, 3.05) is 47.4 Å². The molecule has 4 heteroatoms. The summed E-state index contributed by atoms with van der Waals surface area (Å²) in [5.74, 6) is 1.04. The second kappa shape index (κ2) is 8.67. The van der Waals surface area contributed by atoms with Gasteiger partial charge in [0.25, 0.3) is 0 Å². The third-order valence-electron chi connectivity index (χ3n) is 4.52. The summed E-state index contributed by atoms with van der Waals surface area (Å²) in [7, 11) is 5.94. The minimum Gasteiger partial charge on any atom is -0.496 e. The molecule has 1 aromatic rings. The van der Waals surface area contributed by atoms with Crippen molar-refractivity contribution in [3.05, 3.63) is 28.8 Å². The Morgan fingerprint density at radius 1 is 1.17 bits per heavy atom. The smallest absolute Gasteiger partial charge is 0.126 e. The maximum atomic E-state index is 5.98. The number of likely N-dealkylation sites (tertiary alicyclic amines) is 1. The summed E-state index contributed by atoms with van der Waals surface area (Å²) in [5.41, 5.74) is 3.83. The molecule has 0 N–H and O–H groups in total. The van der Waals surface area contributed by atoms with Gasteiger partial charge in [-0.1, -0.05) is 17.7 Å². The van der Waals surface area contributed by atoms with E-state index in [1.54, 1.807) is 7.11 Å². The molecular weight excluding hydrogens is 288 g/mol. The van der Waals surface area contributed by atoms with E-state index in [1.165, 1.54) is 16.7 Å². The van der Waals surface area contributed by atoms with E-state index < -0.39 is 0 Å². The fraction of sp³-hybridized carbons (Fsp3) is 0.684. The molecule has 1 aliphatic heterocycles. The van der Waals surface area contributed by atoms with E-state index in [4.69, 9.17) is 9.47 Å². The quantitative estimate of drug-likeness (QED) is 0.771. The lowest BCUT2D eigenvalue weighted by Crippen LogP contribution is -2.37. The minimum atomic E-state index is 0.423. The van der Waals surface area contributed by atoms with Crippen LogP contribution in [0.1, 0.15) is 29.5 Å². The molecule has 0 radical (unpaired) electrons. The van der Waals surface area contributed by atoms with Gasteiger partial charge in [-0.3, -0.25) is 4.90 Å². The molecule has 1 aliphatic rings. The highest BCUT2D eigenvalue weighted by Crippen LogP contribution is 2.27. The molecular formula is C19H32N2O2. The molecule has 0 saturated carbocycles. The van der Waals surface area contributed by atoms with Crippen LogP contribution in [0.2, 0.25) is 0 Å². The Morgan fingerprint density at radius 2 is 1.87 bits per heavy atom. The van der Waals surface area contributed by atoms with Gasteiger partial charge < -0.3 is 14.4 Å². The van der Waals surface area contributed by atoms with Crippen LogP contribution in [-0.4, -0.2) is 63.4 Å². The molecule has 0 bridgehead atoms. The van der Waals surface area contributed by atoms with Crippen LogP contribution in [-0.2, 0) is 11.3 Å². The number of ether oxygens (including phenoxy) is 2. The van der Waals surface area contributed by atoms with Crippen LogP contribution in [0.5, 0.6) is 5.75 Å². The predicted octanol–water partition coefficient (Wildman–Crippen LogP) is 2.85. The van der Waals surface area contributed by atoms with Gasteiger partial charge in [-0.25, -0.2) is 0 Å². The number of rotatable bonds is 7. The lowest BCUT2D eigenvalue weighted by atomic mass is 10.0. The molecule has 0 aliphatic carbocycles. The van der Waals surface area contributed by atoms with Gasteiger partial charge in [0.05, 0.1) is 19.8 Å². The first kappa shape index (κ1) is 18.2. The molecule has 1 heterocycles. The zero-order valence-corrected chi connectivity index (χ0v) is 15.4. The molecule has 0 atom stereocenters. The summed E-state index contributed by atoms with van der Waals surface area (Å²) in [4.78, 5) is 4.68. The van der Waals surface area contributed by atoms with Gasteiger partial charge >= 0.3 is 0 Å². The predicted molar refractivity (Wildman–Crippen MR) is 95.3 cm³/mol. The third kappa shape index (κ3) is 5.48. The number of nitrogens with zero attached hydrogens (tertiary/aromatic N) is 2. The summed E-state index contributed by atoms with van der Waals surface area (Å²) < 4.78 is 11.6. The van der Waals surface area contributed by atoms with E-state index in [0.29, 0.717) is 6.10 Å². The Labute approximate surface area is 141 Å². The van der Waals surface area contributed by atoms with Gasteiger partial charge in [0.15, 0.2) is 0 Å². The van der Waals surface area contributed by atoms with Crippen molar-refractivity contribution in [3.8, 4) is 5.75 Å². The van der Waals surface area contributed by atoms with Crippen LogP contribution in [0.3, 0.4) is 0 Å². The van der Waals surface area contributed by atoms with Crippen molar-refractivity contribution in [1.29, 1.82) is 0 Å². The highest BCUT2D eigenvalue weighted by Gasteiger charge is 2.21. The summed E-state index contributed by atoms with van der Waals surface area (Å²) in [6, 6.07) is 4.44. The zero-order chi connectivity index (χ0) is 16.8. The standard InChI is InChI=1S/C19H32N2O2/c1-15-12-16(2)19(22-5)17(13-15)14-21-8-6-18(7-9-21)23-11-10-20(3)4/h12-13,18H,6-11,14H2,1-5H3. The van der Waals surface area contributed by atoms with Crippen molar-refractivity contribution < 1.29 is 9.47 Å². The Hall–Kier alpha value is -1.10. The molecule has 23 heavy (non-hydrogen) atoms. The van der Waals surface area contributed by atoms with E-state index in [0.717, 1.165) is 51.4 Å². The van der Waals surface area contributed by atoms with Crippen molar-refractivity contribution in [1.82, 2.24) is 9.80 Å². The zero-order valence-electron chi connectivity index (χ0n) is 15.4. The third-order valence-corrected chi connectivity index (χ3v) is 4.52. The summed E-state index contributed by atoms with van der Waals surface area (Å²) in [6.07, 6.45) is 2.67. The normalized spacial score (nSPS) is 17.0. The van der Waals surface area contributed by atoms with Crippen LogP contribution in [0.25, 0.3) is 0 Å². The van der Waals surface area contributed by atoms with Crippen LogP contribution in [0.15, 0.2) is 12.1 Å². The number of methoxy groups -OCH3 is 1. The first-order chi connectivity index (χ1) is 11.0. The lowest BCUT2D eigenvalue weighted by molar-refractivity contribution is 0.000675. The highest BCUT2D eigenvalue weighted by molar-refractivity contribution is 5.43. The van der Waals surface area contributed by atoms with E-state index >= 15 is 0 Å². The van der Waals surface area contributed by atoms with Crippen molar-refractivity contribution in [2.45, 2.75) is 39.3 Å². The first-order valence-electron chi connectivity index (χ1n) is 8.62. The Kier molecular flexibility index (Phi) is 6.88. The second-order valence-corrected chi connectivity index (χ2v) is 6.92. The Morgan fingerprint density at radius 3 is 2.48 bits per heavy atom. The topological polar surface area (TPSA) is 24.9 Å². The number of hydrogen-bond donors (Lipinski definition) is 0. The van der Waals surface area contributed by atoms with Crippen molar-refractivity contribution >= 4 is 0 Å². The maximum absolute atomic E-state index is 5.98. The Bertz CT molecular complexity index is 494. The van der Waals surface area contributed by atoms with Gasteiger partial charge in [0.2, 0.25) is 0 Å². The molecule has 2 rings (SSSR count). The molecule has 0 amide bonds. The number of piperidine rings is 1. The Balaban J connectivity index is 1.85. The van der Waals surface area contributed by atoms with Crippen LogP contribution < -0.4 is 4.74 Å². The van der Waals surface area contributed by atoms with Crippen LogP contribution >= 0.6 is 0 Å². The van der Waals surface area contributed by atoms with E-state index in [2.05, 4.69) is 49.9 Å².